The molecule has 0 spiro atoms. The molecule has 1 heterocycles. The molecule has 2 aliphatic rings. The first-order chi connectivity index (χ1) is 10.3. The maximum atomic E-state index is 13.3. The number of imide groups is 1. The lowest BCUT2D eigenvalue weighted by atomic mass is 9.67. The molecule has 2 fully saturated rings. The molecule has 1 aliphatic carbocycles. The van der Waals surface area contributed by atoms with Gasteiger partial charge in [-0.15, -0.1) is 0 Å². The summed E-state index contributed by atoms with van der Waals surface area (Å²) in [5.41, 5.74) is -0.526. The molecular weight excluding hydrogens is 290 g/mol. The predicted octanol–water partition coefficient (Wildman–Crippen LogP) is 2.89. The third-order valence-electron chi connectivity index (χ3n) is 4.51. The third-order valence-corrected chi connectivity index (χ3v) is 4.51. The summed E-state index contributed by atoms with van der Waals surface area (Å²) in [4.78, 5) is 25.7. The van der Waals surface area contributed by atoms with Gasteiger partial charge in [0.2, 0.25) is 0 Å². The summed E-state index contributed by atoms with van der Waals surface area (Å²) in [6.45, 7) is -0.182. The van der Waals surface area contributed by atoms with E-state index in [-0.39, 0.29) is 5.92 Å². The zero-order chi connectivity index (χ0) is 16.0. The van der Waals surface area contributed by atoms with Crippen LogP contribution in [0.3, 0.4) is 0 Å². The molecule has 0 radical (unpaired) electrons. The molecule has 22 heavy (non-hydrogen) atoms. The number of urea groups is 1. The molecule has 3 amide bonds. The third kappa shape index (κ3) is 2.26. The van der Waals surface area contributed by atoms with Crippen molar-refractivity contribution in [1.29, 1.82) is 0 Å². The summed E-state index contributed by atoms with van der Waals surface area (Å²) >= 11 is 0. The van der Waals surface area contributed by atoms with Gasteiger partial charge in [-0.2, -0.15) is 0 Å². The van der Waals surface area contributed by atoms with Gasteiger partial charge in [0.15, 0.2) is 0 Å². The van der Waals surface area contributed by atoms with E-state index >= 15 is 0 Å². The largest absolute Gasteiger partial charge is 0.325 e. The van der Waals surface area contributed by atoms with Crippen molar-refractivity contribution in [3.05, 3.63) is 35.9 Å². The lowest BCUT2D eigenvalue weighted by Gasteiger charge is -2.41. The fourth-order valence-corrected chi connectivity index (χ4v) is 3.27. The number of nitrogens with zero attached hydrogens (tertiary/aromatic N) is 1. The Morgan fingerprint density at radius 1 is 1.27 bits per heavy atom. The van der Waals surface area contributed by atoms with Gasteiger partial charge < -0.3 is 5.32 Å². The highest BCUT2D eigenvalue weighted by Gasteiger charge is 2.58. The van der Waals surface area contributed by atoms with Crippen LogP contribution in [0.15, 0.2) is 30.3 Å². The van der Waals surface area contributed by atoms with Crippen LogP contribution in [0.4, 0.5) is 13.6 Å². The standard InChI is InChI=1S/C16H18F2N2O2/c1-15(17,18)10-20-13(21)16(19-14(20)22,12-8-5-9-12)11-6-3-2-4-7-11/h2-4,6-7,12H,5,8-10H2,1H3,(H,19,22). The van der Waals surface area contributed by atoms with E-state index in [1.165, 1.54) is 0 Å². The molecule has 1 atom stereocenters. The number of alkyl halides is 2. The van der Waals surface area contributed by atoms with Gasteiger partial charge in [-0.1, -0.05) is 36.8 Å². The average molecular weight is 308 g/mol. The van der Waals surface area contributed by atoms with E-state index in [1.807, 2.05) is 6.07 Å². The number of nitrogens with one attached hydrogen (secondary N) is 1. The smallest absolute Gasteiger partial charge is 0.319 e. The van der Waals surface area contributed by atoms with Gasteiger partial charge in [0.1, 0.15) is 5.54 Å². The minimum atomic E-state index is -3.11. The number of amides is 3. The molecule has 1 N–H and O–H groups in total. The van der Waals surface area contributed by atoms with Gasteiger partial charge in [-0.25, -0.2) is 13.6 Å². The molecule has 6 heteroatoms. The fourth-order valence-electron chi connectivity index (χ4n) is 3.27. The Hall–Kier alpha value is -1.98. The zero-order valence-corrected chi connectivity index (χ0v) is 12.3. The molecule has 1 aromatic rings. The van der Waals surface area contributed by atoms with Crippen molar-refractivity contribution in [3.8, 4) is 0 Å². The van der Waals surface area contributed by atoms with Crippen molar-refractivity contribution >= 4 is 11.9 Å². The number of rotatable bonds is 4. The first-order valence-electron chi connectivity index (χ1n) is 7.42. The van der Waals surface area contributed by atoms with Crippen LogP contribution in [-0.2, 0) is 10.3 Å². The van der Waals surface area contributed by atoms with Crippen LogP contribution in [0.5, 0.6) is 0 Å². The van der Waals surface area contributed by atoms with Gasteiger partial charge in [0.25, 0.3) is 11.8 Å². The minimum Gasteiger partial charge on any atom is -0.319 e. The van der Waals surface area contributed by atoms with Gasteiger partial charge in [0.05, 0.1) is 6.54 Å². The summed E-state index contributed by atoms with van der Waals surface area (Å²) in [5, 5.41) is 2.71. The molecule has 1 saturated heterocycles. The molecule has 0 bridgehead atoms. The molecule has 4 nitrogen and oxygen atoms in total. The van der Waals surface area contributed by atoms with Crippen molar-refractivity contribution in [2.45, 2.75) is 37.6 Å². The lowest BCUT2D eigenvalue weighted by Crippen LogP contribution is -2.52. The molecule has 1 aliphatic heterocycles. The summed E-state index contributed by atoms with van der Waals surface area (Å²) in [6.07, 6.45) is 2.58. The Balaban J connectivity index is 2.01. The summed E-state index contributed by atoms with van der Waals surface area (Å²) in [7, 11) is 0. The maximum absolute atomic E-state index is 13.3. The van der Waals surface area contributed by atoms with Gasteiger partial charge in [-0.05, 0) is 24.3 Å². The van der Waals surface area contributed by atoms with E-state index in [0.717, 1.165) is 19.3 Å². The van der Waals surface area contributed by atoms with Crippen LogP contribution in [-0.4, -0.2) is 29.3 Å². The highest BCUT2D eigenvalue weighted by Crippen LogP contribution is 2.46. The second-order valence-corrected chi connectivity index (χ2v) is 6.19. The van der Waals surface area contributed by atoms with Crippen molar-refractivity contribution in [1.82, 2.24) is 10.2 Å². The maximum Gasteiger partial charge on any atom is 0.325 e. The monoisotopic (exact) mass is 308 g/mol. The molecule has 1 saturated carbocycles. The van der Waals surface area contributed by atoms with E-state index in [2.05, 4.69) is 5.32 Å². The number of hydrogen-bond acceptors (Lipinski definition) is 2. The van der Waals surface area contributed by atoms with Crippen LogP contribution in [0.1, 0.15) is 31.7 Å². The molecule has 1 aromatic carbocycles. The molecule has 3 rings (SSSR count). The Kier molecular flexibility index (Phi) is 3.42. The minimum absolute atomic E-state index is 0.0400. The number of halogens is 2. The van der Waals surface area contributed by atoms with E-state index in [0.29, 0.717) is 17.4 Å². The van der Waals surface area contributed by atoms with Gasteiger partial charge in [-0.3, -0.25) is 9.69 Å². The Bertz CT molecular complexity index is 596. The Morgan fingerprint density at radius 3 is 2.41 bits per heavy atom. The zero-order valence-electron chi connectivity index (χ0n) is 12.3. The normalized spacial score (nSPS) is 26.0. The van der Waals surface area contributed by atoms with Gasteiger partial charge >= 0.3 is 6.03 Å². The molecule has 118 valence electrons. The topological polar surface area (TPSA) is 49.4 Å². The van der Waals surface area contributed by atoms with Crippen LogP contribution in [0, 0.1) is 5.92 Å². The summed E-state index contributed by atoms with van der Waals surface area (Å²) < 4.78 is 26.6. The van der Waals surface area contributed by atoms with E-state index in [4.69, 9.17) is 0 Å². The van der Waals surface area contributed by atoms with Crippen LogP contribution in [0.2, 0.25) is 0 Å². The van der Waals surface area contributed by atoms with Crippen LogP contribution < -0.4 is 5.32 Å². The highest BCUT2D eigenvalue weighted by molar-refractivity contribution is 6.07. The number of carbonyl (C=O) groups is 2. The highest BCUT2D eigenvalue weighted by atomic mass is 19.3. The van der Waals surface area contributed by atoms with Crippen molar-refractivity contribution < 1.29 is 18.4 Å². The van der Waals surface area contributed by atoms with Gasteiger partial charge in [0, 0.05) is 6.92 Å². The fraction of sp³-hybridized carbons (Fsp3) is 0.500. The SMILES string of the molecule is CC(F)(F)CN1C(=O)NC(c2ccccc2)(C2CCC2)C1=O. The number of carbonyl (C=O) groups excluding carboxylic acids is 2. The summed E-state index contributed by atoms with van der Waals surface area (Å²) in [6, 6.07) is 8.19. The first-order valence-corrected chi connectivity index (χ1v) is 7.42. The Labute approximate surface area is 127 Å². The Morgan fingerprint density at radius 2 is 1.91 bits per heavy atom. The van der Waals surface area contributed by atoms with Crippen molar-refractivity contribution in [2.24, 2.45) is 5.92 Å². The van der Waals surface area contributed by atoms with Crippen LogP contribution in [0.25, 0.3) is 0 Å². The molecule has 0 aromatic heterocycles. The first kappa shape index (κ1) is 14.9. The second kappa shape index (κ2) is 5.04. The van der Waals surface area contributed by atoms with Crippen molar-refractivity contribution in [3.63, 3.8) is 0 Å². The quantitative estimate of drug-likeness (QED) is 0.870. The molecular formula is C16H18F2N2O2. The second-order valence-electron chi connectivity index (χ2n) is 6.19. The van der Waals surface area contributed by atoms with E-state index < -0.39 is 29.9 Å². The van der Waals surface area contributed by atoms with Crippen LogP contribution >= 0.6 is 0 Å². The van der Waals surface area contributed by atoms with Crippen molar-refractivity contribution in [2.75, 3.05) is 6.54 Å². The number of hydrogen-bond donors (Lipinski definition) is 1. The molecule has 1 unspecified atom stereocenters. The van der Waals surface area contributed by atoms with E-state index in [9.17, 15) is 18.4 Å². The van der Waals surface area contributed by atoms with E-state index in [1.54, 1.807) is 24.3 Å². The average Bonchev–Trinajstić information content (AvgIpc) is 2.62. The number of benzene rings is 1. The lowest BCUT2D eigenvalue weighted by molar-refractivity contribution is -0.138. The summed E-state index contributed by atoms with van der Waals surface area (Å²) in [5.74, 6) is -3.71. The predicted molar refractivity (Wildman–Crippen MR) is 76.3 cm³/mol.